The molecule has 1 fully saturated rings. The lowest BCUT2D eigenvalue weighted by Crippen LogP contribution is -2.41. The van der Waals surface area contributed by atoms with Crippen molar-refractivity contribution in [3.8, 4) is 0 Å². The second-order valence-electron chi connectivity index (χ2n) is 7.08. The standard InChI is InChI=1S/C22H29N3O5/c1-2-12-23-19(26)15-24-20(27)16-30-22(29)18-10-13-25(14-11-18)21(28)9-8-17-6-4-3-5-7-17/h3-9,18H,2,10-16H2,1H3,(H,23,26)(H,24,27)/b9-8+. The Kier molecular flexibility index (Phi) is 9.57. The van der Waals surface area contributed by atoms with E-state index in [1.54, 1.807) is 11.0 Å². The number of rotatable bonds is 9. The molecule has 0 unspecified atom stereocenters. The van der Waals surface area contributed by atoms with E-state index in [-0.39, 0.29) is 24.3 Å². The highest BCUT2D eigenvalue weighted by Crippen LogP contribution is 2.19. The number of ether oxygens (including phenoxy) is 1. The molecule has 1 aromatic carbocycles. The molecular formula is C22H29N3O5. The Morgan fingerprint density at radius 3 is 2.43 bits per heavy atom. The molecule has 0 atom stereocenters. The van der Waals surface area contributed by atoms with Crippen molar-refractivity contribution in [1.82, 2.24) is 15.5 Å². The van der Waals surface area contributed by atoms with Crippen molar-refractivity contribution < 1.29 is 23.9 Å². The van der Waals surface area contributed by atoms with E-state index in [0.717, 1.165) is 12.0 Å². The van der Waals surface area contributed by atoms with E-state index in [0.29, 0.717) is 32.5 Å². The number of likely N-dealkylation sites (tertiary alicyclic amines) is 1. The number of amides is 3. The van der Waals surface area contributed by atoms with Crippen LogP contribution in [0.1, 0.15) is 31.7 Å². The van der Waals surface area contributed by atoms with Gasteiger partial charge in [0.1, 0.15) is 0 Å². The molecule has 30 heavy (non-hydrogen) atoms. The van der Waals surface area contributed by atoms with Crippen molar-refractivity contribution in [3.63, 3.8) is 0 Å². The Morgan fingerprint density at radius 1 is 1.07 bits per heavy atom. The third-order valence-electron chi connectivity index (χ3n) is 4.72. The fourth-order valence-electron chi connectivity index (χ4n) is 2.98. The maximum atomic E-state index is 12.3. The molecule has 0 aliphatic carbocycles. The van der Waals surface area contributed by atoms with Crippen LogP contribution in [0.5, 0.6) is 0 Å². The summed E-state index contributed by atoms with van der Waals surface area (Å²) in [7, 11) is 0. The van der Waals surface area contributed by atoms with E-state index in [2.05, 4.69) is 10.6 Å². The molecule has 0 radical (unpaired) electrons. The number of nitrogens with zero attached hydrogens (tertiary/aromatic N) is 1. The average Bonchev–Trinajstić information content (AvgIpc) is 2.79. The molecule has 1 saturated heterocycles. The Balaban J connectivity index is 1.66. The molecule has 8 nitrogen and oxygen atoms in total. The molecule has 162 valence electrons. The predicted molar refractivity (Wildman–Crippen MR) is 112 cm³/mol. The van der Waals surface area contributed by atoms with Gasteiger partial charge in [0.2, 0.25) is 11.8 Å². The van der Waals surface area contributed by atoms with Crippen molar-refractivity contribution in [1.29, 1.82) is 0 Å². The SMILES string of the molecule is CCCNC(=O)CNC(=O)COC(=O)C1CCN(C(=O)/C=C/c2ccccc2)CC1. The first kappa shape index (κ1) is 23.1. The van der Waals surface area contributed by atoms with Crippen molar-refractivity contribution in [2.75, 3.05) is 32.8 Å². The molecule has 0 aromatic heterocycles. The van der Waals surface area contributed by atoms with Crippen LogP contribution in [-0.2, 0) is 23.9 Å². The van der Waals surface area contributed by atoms with E-state index in [1.165, 1.54) is 6.08 Å². The number of carbonyl (C=O) groups is 4. The van der Waals surface area contributed by atoms with E-state index >= 15 is 0 Å². The first-order valence-electron chi connectivity index (χ1n) is 10.2. The van der Waals surface area contributed by atoms with Gasteiger partial charge in [0.25, 0.3) is 5.91 Å². The Labute approximate surface area is 176 Å². The molecule has 1 aromatic rings. The summed E-state index contributed by atoms with van der Waals surface area (Å²) in [4.78, 5) is 49.3. The third-order valence-corrected chi connectivity index (χ3v) is 4.72. The number of hydrogen-bond donors (Lipinski definition) is 2. The van der Waals surface area contributed by atoms with E-state index in [1.807, 2.05) is 37.3 Å². The highest BCUT2D eigenvalue weighted by Gasteiger charge is 2.28. The normalized spacial score (nSPS) is 14.4. The van der Waals surface area contributed by atoms with Crippen LogP contribution in [0.3, 0.4) is 0 Å². The Morgan fingerprint density at radius 2 is 1.77 bits per heavy atom. The maximum Gasteiger partial charge on any atom is 0.309 e. The van der Waals surface area contributed by atoms with Gasteiger partial charge in [0.15, 0.2) is 6.61 Å². The van der Waals surface area contributed by atoms with E-state index in [4.69, 9.17) is 4.74 Å². The zero-order chi connectivity index (χ0) is 21.8. The van der Waals surface area contributed by atoms with Crippen LogP contribution < -0.4 is 10.6 Å². The van der Waals surface area contributed by atoms with Crippen LogP contribution >= 0.6 is 0 Å². The molecule has 0 spiro atoms. The maximum absolute atomic E-state index is 12.3. The van der Waals surface area contributed by atoms with Gasteiger partial charge in [0.05, 0.1) is 12.5 Å². The number of esters is 1. The third kappa shape index (κ3) is 8.06. The van der Waals surface area contributed by atoms with Gasteiger partial charge in [0, 0.05) is 25.7 Å². The lowest BCUT2D eigenvalue weighted by Gasteiger charge is -2.30. The number of carbonyl (C=O) groups excluding carboxylic acids is 4. The van der Waals surface area contributed by atoms with Gasteiger partial charge in [-0.1, -0.05) is 37.3 Å². The summed E-state index contributed by atoms with van der Waals surface area (Å²) in [6, 6.07) is 9.56. The molecule has 1 aliphatic rings. The van der Waals surface area contributed by atoms with Crippen LogP contribution in [0.15, 0.2) is 36.4 Å². The number of benzene rings is 1. The van der Waals surface area contributed by atoms with Crippen LogP contribution in [0.25, 0.3) is 6.08 Å². The van der Waals surface area contributed by atoms with Gasteiger partial charge >= 0.3 is 5.97 Å². The van der Waals surface area contributed by atoms with Gasteiger partial charge in [-0.05, 0) is 30.9 Å². The topological polar surface area (TPSA) is 105 Å². The number of hydrogen-bond acceptors (Lipinski definition) is 5. The minimum Gasteiger partial charge on any atom is -0.455 e. The van der Waals surface area contributed by atoms with Crippen LogP contribution in [0.2, 0.25) is 0 Å². The summed E-state index contributed by atoms with van der Waals surface area (Å²) < 4.78 is 5.06. The van der Waals surface area contributed by atoms with Gasteiger partial charge < -0.3 is 20.3 Å². The average molecular weight is 415 g/mol. The Hall–Kier alpha value is -3.16. The highest BCUT2D eigenvalue weighted by atomic mass is 16.5. The summed E-state index contributed by atoms with van der Waals surface area (Å²) >= 11 is 0. The molecule has 1 heterocycles. The molecule has 0 bridgehead atoms. The summed E-state index contributed by atoms with van der Waals surface area (Å²) in [6.45, 7) is 2.84. The van der Waals surface area contributed by atoms with Crippen LogP contribution in [-0.4, -0.2) is 61.4 Å². The molecule has 0 saturated carbocycles. The number of nitrogens with one attached hydrogen (secondary N) is 2. The smallest absolute Gasteiger partial charge is 0.309 e. The fraction of sp³-hybridized carbons (Fsp3) is 0.455. The van der Waals surface area contributed by atoms with Crippen molar-refractivity contribution >= 4 is 29.8 Å². The zero-order valence-electron chi connectivity index (χ0n) is 17.3. The molecule has 8 heteroatoms. The van der Waals surface area contributed by atoms with Crippen LogP contribution in [0.4, 0.5) is 0 Å². The highest BCUT2D eigenvalue weighted by molar-refractivity contribution is 5.92. The van der Waals surface area contributed by atoms with Crippen molar-refractivity contribution in [2.24, 2.45) is 5.92 Å². The monoisotopic (exact) mass is 415 g/mol. The molecule has 2 rings (SSSR count). The molecule has 3 amide bonds. The van der Waals surface area contributed by atoms with Crippen molar-refractivity contribution in [2.45, 2.75) is 26.2 Å². The van der Waals surface area contributed by atoms with E-state index in [9.17, 15) is 19.2 Å². The van der Waals surface area contributed by atoms with Crippen molar-refractivity contribution in [3.05, 3.63) is 42.0 Å². The minimum atomic E-state index is -0.520. The van der Waals surface area contributed by atoms with Gasteiger partial charge in [-0.3, -0.25) is 19.2 Å². The molecular weight excluding hydrogens is 386 g/mol. The number of piperidine rings is 1. The summed E-state index contributed by atoms with van der Waals surface area (Å²) in [5.41, 5.74) is 0.949. The molecule has 1 aliphatic heterocycles. The summed E-state index contributed by atoms with van der Waals surface area (Å²) in [5, 5.41) is 5.05. The van der Waals surface area contributed by atoms with Gasteiger partial charge in [-0.15, -0.1) is 0 Å². The van der Waals surface area contributed by atoms with Gasteiger partial charge in [-0.2, -0.15) is 0 Å². The fourth-order valence-corrected chi connectivity index (χ4v) is 2.98. The predicted octanol–water partition coefficient (Wildman–Crippen LogP) is 1.12. The summed E-state index contributed by atoms with van der Waals surface area (Å²) in [6.07, 6.45) is 5.10. The quantitative estimate of drug-likeness (QED) is 0.465. The second-order valence-corrected chi connectivity index (χ2v) is 7.08. The molecule has 2 N–H and O–H groups in total. The van der Waals surface area contributed by atoms with E-state index < -0.39 is 18.5 Å². The minimum absolute atomic E-state index is 0.0913. The largest absolute Gasteiger partial charge is 0.455 e. The Bertz CT molecular complexity index is 755. The lowest BCUT2D eigenvalue weighted by molar-refractivity contribution is -0.154. The first-order valence-corrected chi connectivity index (χ1v) is 10.2. The lowest BCUT2D eigenvalue weighted by atomic mass is 9.97. The summed E-state index contributed by atoms with van der Waals surface area (Å²) in [5.74, 6) is -1.68. The second kappa shape index (κ2) is 12.4. The first-order chi connectivity index (χ1) is 14.5. The zero-order valence-corrected chi connectivity index (χ0v) is 17.3. The van der Waals surface area contributed by atoms with Gasteiger partial charge in [-0.25, -0.2) is 0 Å². The van der Waals surface area contributed by atoms with Crippen LogP contribution in [0, 0.1) is 5.92 Å².